The number of halogens is 1. The normalized spacial score (nSPS) is 16.1. The molecule has 0 unspecified atom stereocenters. The highest BCUT2D eigenvalue weighted by molar-refractivity contribution is 6.29. The Morgan fingerprint density at radius 1 is 1.57 bits per heavy atom. The number of nitrogens with zero attached hydrogens (tertiary/aromatic N) is 2. The van der Waals surface area contributed by atoms with Crippen molar-refractivity contribution >= 4 is 17.5 Å². The van der Waals surface area contributed by atoms with E-state index in [1.54, 1.807) is 0 Å². The smallest absolute Gasteiger partial charge is 0.271 e. The van der Waals surface area contributed by atoms with E-state index in [9.17, 15) is 4.79 Å². The van der Waals surface area contributed by atoms with Gasteiger partial charge in [0.05, 0.1) is 18.4 Å². The van der Waals surface area contributed by atoms with Gasteiger partial charge in [-0.05, 0) is 0 Å². The first kappa shape index (κ1) is 9.36. The first-order valence-corrected chi connectivity index (χ1v) is 4.62. The Hall–Kier alpha value is -1.20. The molecule has 2 N–H and O–H groups in total. The lowest BCUT2D eigenvalue weighted by Crippen LogP contribution is -2.57. The highest BCUT2D eigenvalue weighted by Gasteiger charge is 2.20. The second-order valence-electron chi connectivity index (χ2n) is 3.06. The fraction of sp³-hybridized carbons (Fsp3) is 0.375. The van der Waals surface area contributed by atoms with Crippen LogP contribution in [0.2, 0.25) is 5.15 Å². The molecule has 0 radical (unpaired) electrons. The van der Waals surface area contributed by atoms with E-state index in [4.69, 9.17) is 11.6 Å². The molecule has 2 rings (SSSR count). The van der Waals surface area contributed by atoms with E-state index >= 15 is 0 Å². The zero-order valence-electron chi connectivity index (χ0n) is 7.33. The summed E-state index contributed by atoms with van der Waals surface area (Å²) in [5.74, 6) is -0.230. The molecule has 1 aliphatic heterocycles. The molecule has 1 fully saturated rings. The van der Waals surface area contributed by atoms with Gasteiger partial charge in [0.1, 0.15) is 10.8 Å². The predicted octanol–water partition coefficient (Wildman–Crippen LogP) is -0.168. The lowest BCUT2D eigenvalue weighted by molar-refractivity contribution is 0.0918. The minimum atomic E-state index is -0.230. The number of nitrogens with one attached hydrogen (secondary N) is 2. The van der Waals surface area contributed by atoms with Gasteiger partial charge < -0.3 is 10.6 Å². The fourth-order valence-corrected chi connectivity index (χ4v) is 1.25. The van der Waals surface area contributed by atoms with Gasteiger partial charge in [0.2, 0.25) is 0 Å². The molecule has 1 aromatic heterocycles. The molecule has 5 nitrogen and oxygen atoms in total. The van der Waals surface area contributed by atoms with Gasteiger partial charge in [0.15, 0.2) is 0 Å². The van der Waals surface area contributed by atoms with Crippen LogP contribution in [0.1, 0.15) is 10.5 Å². The van der Waals surface area contributed by atoms with Gasteiger partial charge in [-0.1, -0.05) is 11.6 Å². The number of carbonyl (C=O) groups excluding carboxylic acids is 1. The van der Waals surface area contributed by atoms with E-state index in [2.05, 4.69) is 20.6 Å². The van der Waals surface area contributed by atoms with E-state index < -0.39 is 0 Å². The average Bonchev–Trinajstić information content (AvgIpc) is 2.11. The summed E-state index contributed by atoms with van der Waals surface area (Å²) in [6.07, 6.45) is 2.79. The Morgan fingerprint density at radius 2 is 2.36 bits per heavy atom. The van der Waals surface area contributed by atoms with E-state index in [1.807, 2.05) is 0 Å². The highest BCUT2D eigenvalue weighted by atomic mass is 35.5. The van der Waals surface area contributed by atoms with Crippen LogP contribution in [0.3, 0.4) is 0 Å². The number of hydrogen-bond donors (Lipinski definition) is 2. The monoisotopic (exact) mass is 212 g/mol. The van der Waals surface area contributed by atoms with Crippen molar-refractivity contribution in [1.29, 1.82) is 0 Å². The maximum absolute atomic E-state index is 11.5. The number of carbonyl (C=O) groups is 1. The summed E-state index contributed by atoms with van der Waals surface area (Å²) in [6.45, 7) is 1.61. The van der Waals surface area contributed by atoms with Crippen molar-refractivity contribution in [3.8, 4) is 0 Å². The molecule has 74 valence electrons. The summed E-state index contributed by atoms with van der Waals surface area (Å²) < 4.78 is 0. The van der Waals surface area contributed by atoms with E-state index in [1.165, 1.54) is 12.4 Å². The van der Waals surface area contributed by atoms with Crippen LogP contribution in [-0.2, 0) is 0 Å². The summed E-state index contributed by atoms with van der Waals surface area (Å²) in [7, 11) is 0. The summed E-state index contributed by atoms with van der Waals surface area (Å²) in [6, 6.07) is 0.197. The second-order valence-corrected chi connectivity index (χ2v) is 3.44. The molecule has 1 aliphatic rings. The van der Waals surface area contributed by atoms with Gasteiger partial charge in [0, 0.05) is 13.1 Å². The third-order valence-electron chi connectivity index (χ3n) is 1.95. The molecule has 6 heteroatoms. The molecule has 0 bridgehead atoms. The van der Waals surface area contributed by atoms with E-state index in [-0.39, 0.29) is 22.8 Å². The van der Waals surface area contributed by atoms with Crippen LogP contribution in [0.5, 0.6) is 0 Å². The predicted molar refractivity (Wildman–Crippen MR) is 51.2 cm³/mol. The molecule has 0 aromatic carbocycles. The van der Waals surface area contributed by atoms with Gasteiger partial charge >= 0.3 is 0 Å². The molecule has 1 aromatic rings. The fourth-order valence-electron chi connectivity index (χ4n) is 1.10. The largest absolute Gasteiger partial charge is 0.345 e. The van der Waals surface area contributed by atoms with Crippen LogP contribution in [0.4, 0.5) is 0 Å². The van der Waals surface area contributed by atoms with Crippen LogP contribution >= 0.6 is 11.6 Å². The Bertz CT molecular complexity index is 353. The minimum absolute atomic E-state index is 0.197. The SMILES string of the molecule is O=C(NC1CNC1)c1cncc(Cl)n1. The number of amides is 1. The van der Waals surface area contributed by atoms with Crippen LogP contribution in [0.15, 0.2) is 12.4 Å². The first-order chi connectivity index (χ1) is 6.75. The van der Waals surface area contributed by atoms with Crippen LogP contribution < -0.4 is 10.6 Å². The molecular formula is C8H9ClN4O. The van der Waals surface area contributed by atoms with Crippen molar-refractivity contribution in [2.75, 3.05) is 13.1 Å². The van der Waals surface area contributed by atoms with Crippen LogP contribution in [0, 0.1) is 0 Å². The molecular weight excluding hydrogens is 204 g/mol. The van der Waals surface area contributed by atoms with E-state index in [0.717, 1.165) is 13.1 Å². The standard InChI is InChI=1S/C8H9ClN4O/c9-7-4-11-3-6(13-7)8(14)12-5-1-10-2-5/h3-5,10H,1-2H2,(H,12,14). The average molecular weight is 213 g/mol. The van der Waals surface area contributed by atoms with Gasteiger partial charge in [-0.25, -0.2) is 4.98 Å². The molecule has 0 atom stereocenters. The zero-order valence-corrected chi connectivity index (χ0v) is 8.08. The number of aromatic nitrogens is 2. The molecule has 0 aliphatic carbocycles. The Labute approximate surface area is 85.9 Å². The third-order valence-corrected chi connectivity index (χ3v) is 2.14. The van der Waals surface area contributed by atoms with Crippen molar-refractivity contribution in [2.45, 2.75) is 6.04 Å². The summed E-state index contributed by atoms with van der Waals surface area (Å²) in [4.78, 5) is 19.1. The maximum atomic E-state index is 11.5. The number of hydrogen-bond acceptors (Lipinski definition) is 4. The van der Waals surface area contributed by atoms with Gasteiger partial charge in [0.25, 0.3) is 5.91 Å². The molecule has 0 spiro atoms. The minimum Gasteiger partial charge on any atom is -0.345 e. The van der Waals surface area contributed by atoms with Gasteiger partial charge in [-0.3, -0.25) is 9.78 Å². The third kappa shape index (κ3) is 2.00. The van der Waals surface area contributed by atoms with Crippen LogP contribution in [0.25, 0.3) is 0 Å². The van der Waals surface area contributed by atoms with E-state index in [0.29, 0.717) is 0 Å². The molecule has 0 saturated carbocycles. The lowest BCUT2D eigenvalue weighted by atomic mass is 10.2. The Kier molecular flexibility index (Phi) is 2.60. The van der Waals surface area contributed by atoms with Crippen molar-refractivity contribution in [3.63, 3.8) is 0 Å². The maximum Gasteiger partial charge on any atom is 0.271 e. The molecule has 2 heterocycles. The quantitative estimate of drug-likeness (QED) is 0.715. The van der Waals surface area contributed by atoms with Crippen molar-refractivity contribution in [1.82, 2.24) is 20.6 Å². The topological polar surface area (TPSA) is 66.9 Å². The zero-order chi connectivity index (χ0) is 9.97. The van der Waals surface area contributed by atoms with Crippen molar-refractivity contribution in [2.24, 2.45) is 0 Å². The molecule has 1 saturated heterocycles. The van der Waals surface area contributed by atoms with Crippen LogP contribution in [-0.4, -0.2) is 35.0 Å². The van der Waals surface area contributed by atoms with Crippen molar-refractivity contribution < 1.29 is 4.79 Å². The summed E-state index contributed by atoms with van der Waals surface area (Å²) in [5.41, 5.74) is 0.254. The lowest BCUT2D eigenvalue weighted by Gasteiger charge is -2.27. The first-order valence-electron chi connectivity index (χ1n) is 4.25. The number of rotatable bonds is 2. The highest BCUT2D eigenvalue weighted by Crippen LogP contribution is 2.03. The molecule has 1 amide bonds. The second kappa shape index (κ2) is 3.89. The summed E-state index contributed by atoms with van der Waals surface area (Å²) in [5, 5.41) is 6.08. The Morgan fingerprint density at radius 3 is 2.93 bits per heavy atom. The Balaban J connectivity index is 2.02. The summed E-state index contributed by atoms with van der Waals surface area (Å²) >= 11 is 5.61. The van der Waals surface area contributed by atoms with Gasteiger partial charge in [-0.2, -0.15) is 0 Å². The van der Waals surface area contributed by atoms with Crippen molar-refractivity contribution in [3.05, 3.63) is 23.2 Å². The van der Waals surface area contributed by atoms with Gasteiger partial charge in [-0.15, -0.1) is 0 Å². The molecule has 14 heavy (non-hydrogen) atoms.